The molecule has 0 atom stereocenters. The van der Waals surface area contributed by atoms with E-state index >= 15 is 0 Å². The zero-order chi connectivity index (χ0) is 13.5. The molecule has 0 spiro atoms. The smallest absolute Gasteiger partial charge is 0.0670 e. The molecule has 2 aromatic carbocycles. The summed E-state index contributed by atoms with van der Waals surface area (Å²) in [5.74, 6) is 6.30. The van der Waals surface area contributed by atoms with Crippen LogP contribution in [0.25, 0.3) is 0 Å². The summed E-state index contributed by atoms with van der Waals surface area (Å²) in [5, 5.41) is 8.79. The molecule has 0 N–H and O–H groups in total. The van der Waals surface area contributed by atoms with E-state index in [1.54, 1.807) is 0 Å². The molecular weight excluding hydrogens is 230 g/mol. The molecule has 0 radical (unpaired) electrons. The molecule has 2 aromatic rings. The van der Waals surface area contributed by atoms with Crippen LogP contribution in [0.2, 0.25) is 0 Å². The lowest BCUT2D eigenvalue weighted by Crippen LogP contribution is -1.87. The highest BCUT2D eigenvalue weighted by molar-refractivity contribution is 5.47. The maximum absolute atomic E-state index is 8.79. The fourth-order valence-electron chi connectivity index (χ4n) is 1.84. The van der Waals surface area contributed by atoms with E-state index in [1.807, 2.05) is 36.4 Å². The lowest BCUT2D eigenvalue weighted by molar-refractivity contribution is 1.14. The Morgan fingerprint density at radius 3 is 2.37 bits per heavy atom. The van der Waals surface area contributed by atoms with Crippen LogP contribution in [0.15, 0.2) is 48.5 Å². The average molecular weight is 245 g/mol. The van der Waals surface area contributed by atoms with Gasteiger partial charge < -0.3 is 0 Å². The van der Waals surface area contributed by atoms with E-state index in [0.717, 1.165) is 23.1 Å². The summed E-state index contributed by atoms with van der Waals surface area (Å²) >= 11 is 0. The number of benzene rings is 2. The van der Waals surface area contributed by atoms with E-state index in [2.05, 4.69) is 37.0 Å². The maximum atomic E-state index is 8.79. The third kappa shape index (κ3) is 3.47. The van der Waals surface area contributed by atoms with Crippen molar-refractivity contribution in [3.63, 3.8) is 0 Å². The Labute approximate surface area is 114 Å². The van der Waals surface area contributed by atoms with Crippen LogP contribution in [0, 0.1) is 23.2 Å². The first-order chi connectivity index (χ1) is 9.33. The number of nitriles is 1. The van der Waals surface area contributed by atoms with Crippen molar-refractivity contribution >= 4 is 0 Å². The summed E-state index contributed by atoms with van der Waals surface area (Å²) in [7, 11) is 0. The van der Waals surface area contributed by atoms with Gasteiger partial charge in [0.15, 0.2) is 0 Å². The summed E-state index contributed by atoms with van der Waals surface area (Å²) in [4.78, 5) is 0. The number of aryl methyl sites for hydroxylation is 1. The molecule has 0 aliphatic carbocycles. The molecule has 0 saturated heterocycles. The van der Waals surface area contributed by atoms with E-state index in [1.165, 1.54) is 5.56 Å². The second-order valence-electron chi connectivity index (χ2n) is 4.29. The maximum Gasteiger partial charge on any atom is 0.0670 e. The molecule has 0 aromatic heterocycles. The number of hydrogen-bond acceptors (Lipinski definition) is 1. The van der Waals surface area contributed by atoms with Gasteiger partial charge >= 0.3 is 0 Å². The van der Waals surface area contributed by atoms with Crippen molar-refractivity contribution in [3.8, 4) is 17.9 Å². The SMILES string of the molecule is CCc1ccc(C#Cc2ccccc2CC#N)cc1. The largest absolute Gasteiger partial charge is 0.198 e. The fraction of sp³-hybridized carbons (Fsp3) is 0.167. The topological polar surface area (TPSA) is 23.8 Å². The second-order valence-corrected chi connectivity index (χ2v) is 4.29. The predicted molar refractivity (Wildman–Crippen MR) is 77.6 cm³/mol. The van der Waals surface area contributed by atoms with Gasteiger partial charge in [0.1, 0.15) is 0 Å². The minimum atomic E-state index is 0.402. The van der Waals surface area contributed by atoms with Gasteiger partial charge in [0.05, 0.1) is 12.5 Å². The lowest BCUT2D eigenvalue weighted by Gasteiger charge is -1.98. The monoisotopic (exact) mass is 245 g/mol. The number of nitrogens with zero attached hydrogens (tertiary/aromatic N) is 1. The van der Waals surface area contributed by atoms with Gasteiger partial charge in [-0.15, -0.1) is 0 Å². The average Bonchev–Trinajstić information content (AvgIpc) is 2.47. The zero-order valence-electron chi connectivity index (χ0n) is 11.0. The van der Waals surface area contributed by atoms with Gasteiger partial charge in [-0.3, -0.25) is 0 Å². The Morgan fingerprint density at radius 1 is 0.947 bits per heavy atom. The van der Waals surface area contributed by atoms with Gasteiger partial charge in [0.2, 0.25) is 0 Å². The van der Waals surface area contributed by atoms with Crippen LogP contribution in [-0.2, 0) is 12.8 Å². The first-order valence-corrected chi connectivity index (χ1v) is 6.39. The van der Waals surface area contributed by atoms with Crippen molar-refractivity contribution in [1.29, 1.82) is 5.26 Å². The van der Waals surface area contributed by atoms with Crippen LogP contribution in [0.4, 0.5) is 0 Å². The highest BCUT2D eigenvalue weighted by atomic mass is 14.2. The van der Waals surface area contributed by atoms with Crippen LogP contribution >= 0.6 is 0 Å². The van der Waals surface area contributed by atoms with Crippen LogP contribution in [0.5, 0.6) is 0 Å². The van der Waals surface area contributed by atoms with Crippen LogP contribution < -0.4 is 0 Å². The molecule has 0 bridgehead atoms. The predicted octanol–water partition coefficient (Wildman–Crippen LogP) is 3.71. The van der Waals surface area contributed by atoms with E-state index in [0.29, 0.717) is 6.42 Å². The van der Waals surface area contributed by atoms with Crippen LogP contribution in [0.1, 0.15) is 29.2 Å². The summed E-state index contributed by atoms with van der Waals surface area (Å²) in [6, 6.07) is 18.3. The minimum absolute atomic E-state index is 0.402. The fourth-order valence-corrected chi connectivity index (χ4v) is 1.84. The highest BCUT2D eigenvalue weighted by Crippen LogP contribution is 2.09. The molecular formula is C18H15N. The van der Waals surface area contributed by atoms with Gasteiger partial charge in [0.25, 0.3) is 0 Å². The Morgan fingerprint density at radius 2 is 1.68 bits per heavy atom. The molecule has 2 rings (SSSR count). The van der Waals surface area contributed by atoms with E-state index in [-0.39, 0.29) is 0 Å². The Bertz CT molecular complexity index is 649. The van der Waals surface area contributed by atoms with Crippen LogP contribution in [-0.4, -0.2) is 0 Å². The van der Waals surface area contributed by atoms with Crippen molar-refractivity contribution < 1.29 is 0 Å². The van der Waals surface area contributed by atoms with Crippen molar-refractivity contribution in [2.45, 2.75) is 19.8 Å². The second kappa shape index (κ2) is 6.43. The third-order valence-corrected chi connectivity index (χ3v) is 2.99. The highest BCUT2D eigenvalue weighted by Gasteiger charge is 1.97. The summed E-state index contributed by atoms with van der Waals surface area (Å²) in [6.07, 6.45) is 1.44. The molecule has 1 nitrogen and oxygen atoms in total. The van der Waals surface area contributed by atoms with Crippen molar-refractivity contribution in [1.82, 2.24) is 0 Å². The van der Waals surface area contributed by atoms with Gasteiger partial charge in [0, 0.05) is 11.1 Å². The van der Waals surface area contributed by atoms with E-state index in [9.17, 15) is 0 Å². The number of hydrogen-bond donors (Lipinski definition) is 0. The van der Waals surface area contributed by atoms with Gasteiger partial charge in [-0.2, -0.15) is 5.26 Å². The molecule has 1 heteroatoms. The Hall–Kier alpha value is -2.51. The third-order valence-electron chi connectivity index (χ3n) is 2.99. The zero-order valence-corrected chi connectivity index (χ0v) is 11.0. The Balaban J connectivity index is 2.26. The molecule has 92 valence electrons. The first kappa shape index (κ1) is 12.9. The van der Waals surface area contributed by atoms with Crippen molar-refractivity contribution in [2.75, 3.05) is 0 Å². The summed E-state index contributed by atoms with van der Waals surface area (Å²) in [6.45, 7) is 2.14. The first-order valence-electron chi connectivity index (χ1n) is 6.39. The summed E-state index contributed by atoms with van der Waals surface area (Å²) in [5.41, 5.74) is 4.24. The van der Waals surface area contributed by atoms with E-state index < -0.39 is 0 Å². The molecule has 0 unspecified atom stereocenters. The molecule has 19 heavy (non-hydrogen) atoms. The molecule has 0 fully saturated rings. The number of rotatable bonds is 2. The normalized spacial score (nSPS) is 9.26. The quantitative estimate of drug-likeness (QED) is 0.740. The van der Waals surface area contributed by atoms with Gasteiger partial charge in [-0.1, -0.05) is 49.1 Å². The molecule has 0 amide bonds. The van der Waals surface area contributed by atoms with E-state index in [4.69, 9.17) is 5.26 Å². The van der Waals surface area contributed by atoms with Crippen molar-refractivity contribution in [2.24, 2.45) is 0 Å². The molecule has 0 aliphatic heterocycles. The lowest BCUT2D eigenvalue weighted by atomic mass is 10.0. The van der Waals surface area contributed by atoms with Gasteiger partial charge in [-0.25, -0.2) is 0 Å². The van der Waals surface area contributed by atoms with Crippen LogP contribution in [0.3, 0.4) is 0 Å². The van der Waals surface area contributed by atoms with Gasteiger partial charge in [-0.05, 0) is 35.7 Å². The standard InChI is InChI=1S/C18H15N/c1-2-15-7-9-16(10-8-15)11-12-17-5-3-4-6-18(17)13-14-19/h3-10H,2,13H2,1H3. The molecule has 0 aliphatic rings. The summed E-state index contributed by atoms with van der Waals surface area (Å²) < 4.78 is 0. The molecule has 0 heterocycles. The molecule has 0 saturated carbocycles. The minimum Gasteiger partial charge on any atom is -0.198 e. The van der Waals surface area contributed by atoms with Crippen molar-refractivity contribution in [3.05, 3.63) is 70.8 Å². The Kier molecular flexibility index (Phi) is 4.38.